The van der Waals surface area contributed by atoms with Gasteiger partial charge in [-0.2, -0.15) is 4.98 Å². The zero-order valence-electron chi connectivity index (χ0n) is 28.2. The minimum Gasteiger partial charge on any atom is -0.497 e. The normalized spacial score (nSPS) is 18.5. The van der Waals surface area contributed by atoms with Gasteiger partial charge in [0.05, 0.1) is 26.9 Å². The number of methoxy groups -OCH3 is 2. The van der Waals surface area contributed by atoms with Gasteiger partial charge in [-0.25, -0.2) is 4.79 Å². The zero-order chi connectivity index (χ0) is 36.0. The highest BCUT2D eigenvalue weighted by atomic mass is 32.5. The van der Waals surface area contributed by atoms with Gasteiger partial charge in [-0.05, 0) is 71.0 Å². The van der Waals surface area contributed by atoms with Gasteiger partial charge in [-0.1, -0.05) is 72.8 Å². The van der Waals surface area contributed by atoms with Crippen LogP contribution in [-0.4, -0.2) is 60.1 Å². The third-order valence-electron chi connectivity index (χ3n) is 8.57. The molecule has 13 heteroatoms. The maximum absolute atomic E-state index is 13.3. The summed E-state index contributed by atoms with van der Waals surface area (Å²) >= 11 is 5.29. The average molecular weight is 728 g/mol. The molecule has 1 fully saturated rings. The lowest BCUT2D eigenvalue weighted by molar-refractivity contribution is -0.0914. The topological polar surface area (TPSA) is 130 Å². The van der Waals surface area contributed by atoms with Crippen molar-refractivity contribution in [2.45, 2.75) is 30.5 Å². The first-order chi connectivity index (χ1) is 24.6. The van der Waals surface area contributed by atoms with Crippen LogP contribution in [0.3, 0.4) is 0 Å². The molecule has 264 valence electrons. The van der Waals surface area contributed by atoms with Crippen LogP contribution in [0.1, 0.15) is 39.7 Å². The highest BCUT2D eigenvalue weighted by Gasteiger charge is 2.44. The van der Waals surface area contributed by atoms with Crippen LogP contribution in [0.5, 0.6) is 11.5 Å². The number of benzene rings is 4. The fourth-order valence-electron chi connectivity index (χ4n) is 6.14. The number of hydrogen-bond acceptors (Lipinski definition) is 9. The van der Waals surface area contributed by atoms with Gasteiger partial charge in [0.15, 0.2) is 6.49 Å². The van der Waals surface area contributed by atoms with Crippen LogP contribution in [0.4, 0.5) is 5.82 Å². The molecule has 4 atom stereocenters. The number of nitrogens with one attached hydrogen (secondary N) is 1. The third kappa shape index (κ3) is 8.28. The number of hydrogen-bond donors (Lipinski definition) is 2. The van der Waals surface area contributed by atoms with Crippen LogP contribution in [-0.2, 0) is 31.4 Å². The summed E-state index contributed by atoms with van der Waals surface area (Å²) < 4.78 is 31.8. The van der Waals surface area contributed by atoms with Gasteiger partial charge in [0.25, 0.3) is 5.91 Å². The Morgan fingerprint density at radius 3 is 1.98 bits per heavy atom. The van der Waals surface area contributed by atoms with Crippen LogP contribution in [0.25, 0.3) is 0 Å². The minimum absolute atomic E-state index is 0.0170. The van der Waals surface area contributed by atoms with Crippen molar-refractivity contribution in [3.8, 4) is 11.5 Å². The Kier molecular flexibility index (Phi) is 11.1. The Morgan fingerprint density at radius 2 is 1.45 bits per heavy atom. The lowest BCUT2D eigenvalue weighted by Gasteiger charge is -2.37. The molecule has 1 amide bonds. The highest BCUT2D eigenvalue weighted by molar-refractivity contribution is 8.09. The molecule has 1 aliphatic rings. The van der Waals surface area contributed by atoms with E-state index in [1.54, 1.807) is 44.6 Å². The second-order valence-corrected chi connectivity index (χ2v) is 15.8. The summed E-state index contributed by atoms with van der Waals surface area (Å²) in [5.74, 6) is 1.08. The molecule has 11 nitrogen and oxygen atoms in total. The van der Waals surface area contributed by atoms with Crippen molar-refractivity contribution in [2.24, 2.45) is 0 Å². The molecule has 4 aromatic carbocycles. The van der Waals surface area contributed by atoms with Crippen molar-refractivity contribution in [1.82, 2.24) is 9.55 Å². The molecule has 1 aliphatic heterocycles. The molecule has 6 rings (SSSR count). The molecule has 1 saturated heterocycles. The lowest BCUT2D eigenvalue weighted by atomic mass is 9.80. The number of aromatic nitrogens is 2. The fourth-order valence-corrected chi connectivity index (χ4v) is 7.20. The quantitative estimate of drug-likeness (QED) is 0.108. The monoisotopic (exact) mass is 727 g/mol. The van der Waals surface area contributed by atoms with E-state index in [4.69, 9.17) is 35.3 Å². The van der Waals surface area contributed by atoms with Crippen molar-refractivity contribution in [3.05, 3.63) is 154 Å². The summed E-state index contributed by atoms with van der Waals surface area (Å²) in [6, 6.07) is 35.2. The van der Waals surface area contributed by atoms with Crippen LogP contribution in [0, 0.1) is 0 Å². The smallest absolute Gasteiger partial charge is 0.351 e. The molecule has 0 spiro atoms. The Bertz CT molecular complexity index is 1990. The molecule has 0 aliphatic carbocycles. The first-order valence-electron chi connectivity index (χ1n) is 16.2. The van der Waals surface area contributed by atoms with E-state index in [2.05, 4.69) is 10.3 Å². The van der Waals surface area contributed by atoms with Gasteiger partial charge in [-0.3, -0.25) is 9.36 Å². The van der Waals surface area contributed by atoms with Gasteiger partial charge in [0.2, 0.25) is 0 Å². The molecule has 2 N–H and O–H groups in total. The molecule has 1 unspecified atom stereocenters. The van der Waals surface area contributed by atoms with Gasteiger partial charge in [-0.15, -0.1) is 0 Å². The van der Waals surface area contributed by atoms with Crippen molar-refractivity contribution >= 4 is 30.0 Å². The molecule has 5 aromatic rings. The predicted molar refractivity (Wildman–Crippen MR) is 197 cm³/mol. The van der Waals surface area contributed by atoms with Crippen molar-refractivity contribution in [2.75, 3.05) is 32.8 Å². The van der Waals surface area contributed by atoms with Crippen LogP contribution in [0.15, 0.2) is 126 Å². The third-order valence-corrected chi connectivity index (χ3v) is 9.49. The largest absolute Gasteiger partial charge is 0.497 e. The summed E-state index contributed by atoms with van der Waals surface area (Å²) in [6.45, 7) is -1.72. The maximum atomic E-state index is 13.3. The lowest BCUT2D eigenvalue weighted by Crippen LogP contribution is -2.38. The molecule has 0 radical (unpaired) electrons. The standard InChI is InChI=1S/C38H38N3O8PS/c1-45-30-18-14-28(15-19-30)38(27-12-8-5-9-13-27,29-16-20-31(46-2)21-17-29)47-25-33-32(49-50(3,44)51)24-35(48-33)41-23-22-34(40-37(41)43)39-36(42)26-10-6-4-7-11-26/h4-23,32-33,35H,24-25H2,1-3H3,(H,44,51)(H,39,40,42,43)/t32-,33+,35+,50?/m0/s1. The second-order valence-electron chi connectivity index (χ2n) is 11.9. The zero-order valence-corrected chi connectivity index (χ0v) is 30.0. The molecular weight excluding hydrogens is 689 g/mol. The summed E-state index contributed by atoms with van der Waals surface area (Å²) in [5.41, 5.74) is 1.14. The van der Waals surface area contributed by atoms with E-state index in [0.717, 1.165) is 16.7 Å². The molecule has 0 saturated carbocycles. The van der Waals surface area contributed by atoms with Gasteiger partial charge in [0.1, 0.15) is 35.2 Å². The van der Waals surface area contributed by atoms with Gasteiger partial charge >= 0.3 is 5.69 Å². The molecule has 2 heterocycles. The molecule has 1 aromatic heterocycles. The summed E-state index contributed by atoms with van der Waals surface area (Å²) in [7, 11) is 3.22. The van der Waals surface area contributed by atoms with Crippen molar-refractivity contribution in [1.29, 1.82) is 0 Å². The Labute approximate surface area is 300 Å². The van der Waals surface area contributed by atoms with Crippen molar-refractivity contribution < 1.29 is 33.2 Å². The molecule has 51 heavy (non-hydrogen) atoms. The van der Waals surface area contributed by atoms with Gasteiger partial charge < -0.3 is 33.7 Å². The van der Waals surface area contributed by atoms with Crippen LogP contribution in [0.2, 0.25) is 0 Å². The number of anilines is 1. The van der Waals surface area contributed by atoms with Crippen molar-refractivity contribution in [3.63, 3.8) is 0 Å². The Morgan fingerprint density at radius 1 is 0.902 bits per heavy atom. The molecule has 0 bridgehead atoms. The number of carbonyl (C=O) groups is 1. The van der Waals surface area contributed by atoms with E-state index in [1.807, 2.05) is 78.9 Å². The summed E-state index contributed by atoms with van der Waals surface area (Å²) in [4.78, 5) is 40.7. The van der Waals surface area contributed by atoms with E-state index in [9.17, 15) is 14.5 Å². The minimum atomic E-state index is -3.17. The van der Waals surface area contributed by atoms with E-state index in [1.165, 1.54) is 23.5 Å². The average Bonchev–Trinajstić information content (AvgIpc) is 3.53. The number of carbonyl (C=O) groups excluding carboxylic acids is 1. The Balaban J connectivity index is 1.33. The predicted octanol–water partition coefficient (Wildman–Crippen LogP) is 6.13. The summed E-state index contributed by atoms with van der Waals surface area (Å²) in [5, 5.41) is 2.66. The first kappa shape index (κ1) is 36.1. The fraction of sp³-hybridized carbons (Fsp3) is 0.237. The maximum Gasteiger partial charge on any atom is 0.351 e. The number of nitrogens with zero attached hydrogens (tertiary/aromatic N) is 2. The highest BCUT2D eigenvalue weighted by Crippen LogP contribution is 2.46. The van der Waals surface area contributed by atoms with E-state index >= 15 is 0 Å². The van der Waals surface area contributed by atoms with Gasteiger partial charge in [0, 0.05) is 24.8 Å². The number of rotatable bonds is 13. The Hall–Kier alpha value is -4.68. The SMILES string of the molecule is COc1ccc(C(OC[C@H]2O[C@@H](n3ccc(NC(=O)c4ccccc4)nc3=O)C[C@@H]2OP(C)(O)=S)(c2ccccc2)c2ccc(OC)cc2)cc1. The van der Waals surface area contributed by atoms with E-state index < -0.39 is 42.1 Å². The van der Waals surface area contributed by atoms with E-state index in [0.29, 0.717) is 17.1 Å². The van der Waals surface area contributed by atoms with E-state index in [-0.39, 0.29) is 18.8 Å². The first-order valence-corrected chi connectivity index (χ1v) is 19.3. The summed E-state index contributed by atoms with van der Waals surface area (Å²) in [6.07, 6.45) is -0.613. The van der Waals surface area contributed by atoms with Crippen LogP contribution >= 0.6 is 6.49 Å². The number of ether oxygens (including phenoxy) is 4. The number of amides is 1. The second kappa shape index (κ2) is 15.7. The molecular formula is C38H38N3O8PS. The van der Waals surface area contributed by atoms with Crippen LogP contribution < -0.4 is 20.5 Å².